The zero-order valence-corrected chi connectivity index (χ0v) is 20.0. The molecular weight excluding hydrogens is 478 g/mol. The van der Waals surface area contributed by atoms with E-state index in [1.165, 1.54) is 20.3 Å². The van der Waals surface area contributed by atoms with E-state index in [4.69, 9.17) is 14.2 Å². The number of ether oxygens (including phenoxy) is 3. The second kappa shape index (κ2) is 11.1. The Kier molecular flexibility index (Phi) is 7.48. The van der Waals surface area contributed by atoms with Crippen molar-refractivity contribution in [2.24, 2.45) is 0 Å². The fourth-order valence-corrected chi connectivity index (χ4v) is 3.53. The number of para-hydroxylation sites is 2. The molecule has 1 aliphatic heterocycles. The number of amides is 5. The number of hydrogen-bond donors (Lipinski definition) is 2. The van der Waals surface area contributed by atoms with E-state index in [-0.39, 0.29) is 23.8 Å². The molecule has 3 aromatic rings. The predicted octanol–water partition coefficient (Wildman–Crippen LogP) is 3.39. The van der Waals surface area contributed by atoms with Crippen molar-refractivity contribution in [1.29, 1.82) is 0 Å². The van der Waals surface area contributed by atoms with Gasteiger partial charge in [0.15, 0.2) is 6.61 Å². The monoisotopic (exact) mass is 501 g/mol. The van der Waals surface area contributed by atoms with Crippen LogP contribution in [0.25, 0.3) is 6.08 Å². The second-order valence-electron chi connectivity index (χ2n) is 7.76. The standard InChI is InChI=1S/C27H23N3O7/c1-35-19-13-9-18(10-14-19)30-26(33)21(25(32)29-27(30)34)15-17-7-11-20(12-8-17)37-16-24(31)28-22-5-3-4-6-23(22)36-2/h3-15H,16H2,1-2H3,(H,28,31)(H,29,32,34)/b21-15+. The van der Waals surface area contributed by atoms with Crippen molar-refractivity contribution in [2.75, 3.05) is 31.0 Å². The SMILES string of the molecule is COc1ccc(N2C(=O)NC(=O)/C(=C\c3ccc(OCC(=O)Nc4ccccc4OC)cc3)C2=O)cc1. The molecule has 1 fully saturated rings. The van der Waals surface area contributed by atoms with Crippen molar-refractivity contribution in [3.8, 4) is 17.2 Å². The molecule has 37 heavy (non-hydrogen) atoms. The topological polar surface area (TPSA) is 123 Å². The van der Waals surface area contributed by atoms with E-state index >= 15 is 0 Å². The summed E-state index contributed by atoms with van der Waals surface area (Å²) < 4.78 is 15.8. The van der Waals surface area contributed by atoms with Crippen LogP contribution in [0.4, 0.5) is 16.2 Å². The molecule has 1 saturated heterocycles. The van der Waals surface area contributed by atoms with E-state index < -0.39 is 17.8 Å². The zero-order chi connectivity index (χ0) is 26.4. The van der Waals surface area contributed by atoms with E-state index in [1.807, 2.05) is 0 Å². The van der Waals surface area contributed by atoms with Gasteiger partial charge >= 0.3 is 6.03 Å². The third-order valence-electron chi connectivity index (χ3n) is 5.37. The summed E-state index contributed by atoms with van der Waals surface area (Å²) in [5.41, 5.74) is 1.13. The lowest BCUT2D eigenvalue weighted by Crippen LogP contribution is -2.54. The van der Waals surface area contributed by atoms with Gasteiger partial charge in [-0.25, -0.2) is 9.69 Å². The Hall–Kier alpha value is -5.12. The van der Waals surface area contributed by atoms with Crippen LogP contribution in [0.1, 0.15) is 5.56 Å². The van der Waals surface area contributed by atoms with Gasteiger partial charge < -0.3 is 19.5 Å². The minimum absolute atomic E-state index is 0.208. The summed E-state index contributed by atoms with van der Waals surface area (Å²) in [5.74, 6) is -0.433. The van der Waals surface area contributed by atoms with Crippen molar-refractivity contribution in [2.45, 2.75) is 0 Å². The van der Waals surface area contributed by atoms with E-state index in [0.717, 1.165) is 4.90 Å². The van der Waals surface area contributed by atoms with Gasteiger partial charge in [-0.05, 0) is 60.2 Å². The van der Waals surface area contributed by atoms with Crippen LogP contribution in [0.3, 0.4) is 0 Å². The smallest absolute Gasteiger partial charge is 0.335 e. The van der Waals surface area contributed by atoms with Crippen molar-refractivity contribution >= 4 is 41.2 Å². The molecule has 10 nitrogen and oxygen atoms in total. The highest BCUT2D eigenvalue weighted by Crippen LogP contribution is 2.25. The Balaban J connectivity index is 1.43. The quantitative estimate of drug-likeness (QED) is 0.358. The van der Waals surface area contributed by atoms with Crippen LogP contribution in [0.2, 0.25) is 0 Å². The third-order valence-corrected chi connectivity index (χ3v) is 5.37. The number of barbiturate groups is 1. The minimum atomic E-state index is -0.840. The highest BCUT2D eigenvalue weighted by Gasteiger charge is 2.36. The molecule has 10 heteroatoms. The summed E-state index contributed by atoms with van der Waals surface area (Å²) >= 11 is 0. The van der Waals surface area contributed by atoms with Crippen molar-refractivity contribution in [3.63, 3.8) is 0 Å². The molecular formula is C27H23N3O7. The van der Waals surface area contributed by atoms with Gasteiger partial charge in [0.1, 0.15) is 22.8 Å². The van der Waals surface area contributed by atoms with Crippen LogP contribution in [0.15, 0.2) is 78.4 Å². The molecule has 3 aromatic carbocycles. The number of benzene rings is 3. The molecule has 0 atom stereocenters. The van der Waals surface area contributed by atoms with Gasteiger partial charge in [-0.1, -0.05) is 24.3 Å². The lowest BCUT2D eigenvalue weighted by atomic mass is 10.1. The lowest BCUT2D eigenvalue weighted by Gasteiger charge is -2.26. The highest BCUT2D eigenvalue weighted by atomic mass is 16.5. The number of imide groups is 2. The van der Waals surface area contributed by atoms with E-state index in [2.05, 4.69) is 10.6 Å². The average Bonchev–Trinajstić information content (AvgIpc) is 2.91. The molecule has 188 valence electrons. The second-order valence-corrected chi connectivity index (χ2v) is 7.76. The Bertz CT molecular complexity index is 1370. The number of methoxy groups -OCH3 is 2. The van der Waals surface area contributed by atoms with Gasteiger partial charge in [-0.2, -0.15) is 0 Å². The normalized spacial score (nSPS) is 14.3. The first-order valence-electron chi connectivity index (χ1n) is 11.1. The molecule has 0 aliphatic carbocycles. The highest BCUT2D eigenvalue weighted by molar-refractivity contribution is 6.39. The number of nitrogens with zero attached hydrogens (tertiary/aromatic N) is 1. The molecule has 0 spiro atoms. The van der Waals surface area contributed by atoms with Crippen LogP contribution < -0.4 is 29.7 Å². The maximum absolute atomic E-state index is 13.0. The molecule has 5 amide bonds. The predicted molar refractivity (Wildman–Crippen MR) is 136 cm³/mol. The Morgan fingerprint density at radius 2 is 1.57 bits per heavy atom. The van der Waals surface area contributed by atoms with Gasteiger partial charge in [-0.3, -0.25) is 19.7 Å². The Labute approximate surface area is 212 Å². The minimum Gasteiger partial charge on any atom is -0.497 e. The average molecular weight is 501 g/mol. The van der Waals surface area contributed by atoms with Crippen LogP contribution >= 0.6 is 0 Å². The number of urea groups is 1. The van der Waals surface area contributed by atoms with Crippen LogP contribution in [-0.2, 0) is 14.4 Å². The first kappa shape index (κ1) is 25.0. The van der Waals surface area contributed by atoms with Crippen molar-refractivity contribution < 1.29 is 33.4 Å². The molecule has 0 unspecified atom stereocenters. The molecule has 1 aliphatic rings. The number of carbonyl (C=O) groups is 4. The number of carbonyl (C=O) groups excluding carboxylic acids is 4. The van der Waals surface area contributed by atoms with Gasteiger partial charge in [0.2, 0.25) is 0 Å². The van der Waals surface area contributed by atoms with Crippen LogP contribution in [-0.4, -0.2) is 44.6 Å². The number of nitrogens with one attached hydrogen (secondary N) is 2. The fraction of sp³-hybridized carbons (Fsp3) is 0.111. The summed E-state index contributed by atoms with van der Waals surface area (Å²) in [6.07, 6.45) is 1.37. The fourth-order valence-electron chi connectivity index (χ4n) is 3.53. The molecule has 2 N–H and O–H groups in total. The summed E-state index contributed by atoms with van der Waals surface area (Å²) in [6.45, 7) is -0.238. The molecule has 1 heterocycles. The number of anilines is 2. The first-order valence-corrected chi connectivity index (χ1v) is 11.1. The number of hydrogen-bond acceptors (Lipinski definition) is 7. The van der Waals surface area contributed by atoms with Crippen molar-refractivity contribution in [3.05, 3.63) is 83.9 Å². The van der Waals surface area contributed by atoms with E-state index in [0.29, 0.717) is 28.5 Å². The number of rotatable bonds is 8. The summed E-state index contributed by atoms with van der Waals surface area (Å²) in [6, 6.07) is 18.9. The van der Waals surface area contributed by atoms with Gasteiger partial charge in [0.25, 0.3) is 17.7 Å². The Morgan fingerprint density at radius 1 is 0.892 bits per heavy atom. The maximum atomic E-state index is 13.0. The molecule has 4 rings (SSSR count). The molecule has 0 bridgehead atoms. The zero-order valence-electron chi connectivity index (χ0n) is 20.0. The summed E-state index contributed by atoms with van der Waals surface area (Å²) in [5, 5.41) is 4.89. The lowest BCUT2D eigenvalue weighted by molar-refractivity contribution is -0.122. The first-order chi connectivity index (χ1) is 17.9. The van der Waals surface area contributed by atoms with Crippen molar-refractivity contribution in [1.82, 2.24) is 5.32 Å². The summed E-state index contributed by atoms with van der Waals surface area (Å²) in [7, 11) is 3.01. The van der Waals surface area contributed by atoms with E-state index in [1.54, 1.807) is 72.8 Å². The van der Waals surface area contributed by atoms with Gasteiger partial charge in [0.05, 0.1) is 25.6 Å². The largest absolute Gasteiger partial charge is 0.497 e. The van der Waals surface area contributed by atoms with E-state index in [9.17, 15) is 19.2 Å². The van der Waals surface area contributed by atoms with Gasteiger partial charge in [-0.15, -0.1) is 0 Å². The Morgan fingerprint density at radius 3 is 2.24 bits per heavy atom. The van der Waals surface area contributed by atoms with Crippen LogP contribution in [0.5, 0.6) is 17.2 Å². The molecule has 0 radical (unpaired) electrons. The summed E-state index contributed by atoms with van der Waals surface area (Å²) in [4.78, 5) is 50.9. The maximum Gasteiger partial charge on any atom is 0.335 e. The molecule has 0 aromatic heterocycles. The van der Waals surface area contributed by atoms with Gasteiger partial charge in [0, 0.05) is 0 Å². The molecule has 0 saturated carbocycles. The third kappa shape index (κ3) is 5.76. The van der Waals surface area contributed by atoms with Crippen LogP contribution in [0, 0.1) is 0 Å².